The molecule has 0 spiro atoms. The van der Waals surface area contributed by atoms with Gasteiger partial charge >= 0.3 is 0 Å². The maximum absolute atomic E-state index is 14.0. The Balaban J connectivity index is 1.80. The van der Waals surface area contributed by atoms with Gasteiger partial charge in [0.2, 0.25) is 5.56 Å². The Morgan fingerprint density at radius 1 is 1.15 bits per heavy atom. The minimum atomic E-state index is -1.05. The molecule has 0 bridgehead atoms. The van der Waals surface area contributed by atoms with Crippen molar-refractivity contribution in [1.82, 2.24) is 19.5 Å². The summed E-state index contributed by atoms with van der Waals surface area (Å²) in [6, 6.07) is 5.78. The summed E-state index contributed by atoms with van der Waals surface area (Å²) in [7, 11) is 0. The van der Waals surface area contributed by atoms with Crippen LogP contribution in [0.5, 0.6) is 0 Å². The molecule has 0 saturated heterocycles. The largest absolute Gasteiger partial charge is 0.348 e. The summed E-state index contributed by atoms with van der Waals surface area (Å²) >= 11 is 0. The van der Waals surface area contributed by atoms with E-state index >= 15 is 0 Å². The number of halogens is 2. The van der Waals surface area contributed by atoms with Crippen molar-refractivity contribution < 1.29 is 8.78 Å². The number of nitrogens with one attached hydrogen (secondary N) is 1. The Morgan fingerprint density at radius 3 is 2.69 bits per heavy atom. The number of H-pyrrole nitrogens is 1. The second kappa shape index (κ2) is 6.01. The molecule has 5 nitrogen and oxygen atoms in total. The summed E-state index contributed by atoms with van der Waals surface area (Å²) in [5.74, 6) is -1.04. The maximum Gasteiger partial charge on any atom is 0.248 e. The van der Waals surface area contributed by atoms with Crippen LogP contribution < -0.4 is 5.56 Å². The zero-order valence-corrected chi connectivity index (χ0v) is 14.3. The molecule has 7 heteroatoms. The first-order valence-electron chi connectivity index (χ1n) is 8.25. The number of hydrogen-bond acceptors (Lipinski definition) is 3. The average molecular weight is 354 g/mol. The van der Waals surface area contributed by atoms with Crippen molar-refractivity contribution in [3.63, 3.8) is 0 Å². The van der Waals surface area contributed by atoms with Gasteiger partial charge in [-0.2, -0.15) is 0 Å². The fraction of sp³-hybridized carbons (Fsp3) is 0.211. The first kappa shape index (κ1) is 16.4. The fourth-order valence-electron chi connectivity index (χ4n) is 2.99. The number of fused-ring (bicyclic) bond motifs is 2. The topological polar surface area (TPSA) is 63.6 Å². The van der Waals surface area contributed by atoms with E-state index in [0.29, 0.717) is 17.5 Å². The SMILES string of the molecule is CC(C)c1nc2ccn(Cc3cc(=O)[nH]c4c(F)c(F)ccc34)cc-2n1. The molecule has 0 unspecified atom stereocenters. The molecule has 2 aliphatic rings. The molecule has 2 aliphatic heterocycles. The van der Waals surface area contributed by atoms with E-state index in [0.717, 1.165) is 23.3 Å². The number of nitrogens with zero attached hydrogens (tertiary/aromatic N) is 3. The van der Waals surface area contributed by atoms with Crippen LogP contribution in [0.25, 0.3) is 22.3 Å². The summed E-state index contributed by atoms with van der Waals surface area (Å²) in [4.78, 5) is 23.2. The smallest absolute Gasteiger partial charge is 0.248 e. The lowest BCUT2D eigenvalue weighted by Crippen LogP contribution is -2.11. The normalized spacial score (nSPS) is 11.7. The number of benzene rings is 1. The Hall–Kier alpha value is -3.09. The second-order valence-corrected chi connectivity index (χ2v) is 6.57. The summed E-state index contributed by atoms with van der Waals surface area (Å²) in [5.41, 5.74) is 1.55. The Kier molecular flexibility index (Phi) is 3.79. The number of aromatic amines is 1. The van der Waals surface area contributed by atoms with Crippen LogP contribution >= 0.6 is 0 Å². The van der Waals surface area contributed by atoms with Crippen LogP contribution in [-0.2, 0) is 6.54 Å². The van der Waals surface area contributed by atoms with Crippen molar-refractivity contribution in [2.45, 2.75) is 26.3 Å². The summed E-state index contributed by atoms with van der Waals surface area (Å²) in [5, 5.41) is 0.465. The molecule has 1 aromatic heterocycles. The molecular weight excluding hydrogens is 338 g/mol. The van der Waals surface area contributed by atoms with Crippen LogP contribution in [0.2, 0.25) is 0 Å². The van der Waals surface area contributed by atoms with Crippen LogP contribution in [0.3, 0.4) is 0 Å². The molecule has 0 radical (unpaired) electrons. The van der Waals surface area contributed by atoms with E-state index in [1.54, 1.807) is 0 Å². The molecule has 0 aliphatic carbocycles. The minimum absolute atomic E-state index is 0.121. The Labute approximate surface area is 147 Å². The third kappa shape index (κ3) is 2.75. The number of imidazole rings is 1. The summed E-state index contributed by atoms with van der Waals surface area (Å²) < 4.78 is 29.3. The highest BCUT2D eigenvalue weighted by atomic mass is 19.2. The predicted octanol–water partition coefficient (Wildman–Crippen LogP) is 3.67. The van der Waals surface area contributed by atoms with Crippen LogP contribution in [-0.4, -0.2) is 19.5 Å². The highest BCUT2D eigenvalue weighted by Crippen LogP contribution is 2.24. The lowest BCUT2D eigenvalue weighted by Gasteiger charge is -2.11. The van der Waals surface area contributed by atoms with Crippen molar-refractivity contribution in [3.05, 3.63) is 70.0 Å². The predicted molar refractivity (Wildman–Crippen MR) is 94.3 cm³/mol. The van der Waals surface area contributed by atoms with E-state index in [1.807, 2.05) is 36.9 Å². The van der Waals surface area contributed by atoms with E-state index in [9.17, 15) is 13.6 Å². The van der Waals surface area contributed by atoms with E-state index in [2.05, 4.69) is 15.0 Å². The summed E-state index contributed by atoms with van der Waals surface area (Å²) in [6.07, 6.45) is 3.66. The number of pyridine rings is 2. The van der Waals surface area contributed by atoms with Gasteiger partial charge in [-0.1, -0.05) is 13.8 Å². The van der Waals surface area contributed by atoms with Crippen LogP contribution in [0.1, 0.15) is 31.2 Å². The maximum atomic E-state index is 14.0. The molecule has 0 fully saturated rings. The van der Waals surface area contributed by atoms with E-state index < -0.39 is 17.2 Å². The third-order valence-corrected chi connectivity index (χ3v) is 4.31. The van der Waals surface area contributed by atoms with Crippen molar-refractivity contribution in [2.75, 3.05) is 0 Å². The molecule has 26 heavy (non-hydrogen) atoms. The van der Waals surface area contributed by atoms with Crippen molar-refractivity contribution in [1.29, 1.82) is 0 Å². The van der Waals surface area contributed by atoms with Gasteiger partial charge in [-0.3, -0.25) is 4.79 Å². The lowest BCUT2D eigenvalue weighted by atomic mass is 10.1. The molecular formula is C19H16F2N4O. The zero-order chi connectivity index (χ0) is 18.4. The van der Waals surface area contributed by atoms with E-state index in [-0.39, 0.29) is 11.4 Å². The first-order valence-corrected chi connectivity index (χ1v) is 8.25. The van der Waals surface area contributed by atoms with Gasteiger partial charge < -0.3 is 9.55 Å². The monoisotopic (exact) mass is 354 g/mol. The number of hydrogen-bond donors (Lipinski definition) is 1. The molecule has 0 amide bonds. The minimum Gasteiger partial charge on any atom is -0.348 e. The first-order chi connectivity index (χ1) is 12.4. The van der Waals surface area contributed by atoms with Crippen LogP contribution in [0, 0.1) is 11.6 Å². The molecule has 0 saturated carbocycles. The van der Waals surface area contributed by atoms with Gasteiger partial charge in [-0.05, 0) is 23.8 Å². The van der Waals surface area contributed by atoms with Crippen LogP contribution in [0.15, 0.2) is 41.5 Å². The Morgan fingerprint density at radius 2 is 1.92 bits per heavy atom. The van der Waals surface area contributed by atoms with Gasteiger partial charge in [-0.15, -0.1) is 0 Å². The van der Waals surface area contributed by atoms with E-state index in [1.165, 1.54) is 12.1 Å². The average Bonchev–Trinajstić information content (AvgIpc) is 3.02. The quantitative estimate of drug-likeness (QED) is 0.610. The number of aromatic nitrogens is 4. The van der Waals surface area contributed by atoms with Gasteiger partial charge in [0.25, 0.3) is 0 Å². The Bertz CT molecular complexity index is 1150. The molecule has 1 N–H and O–H groups in total. The van der Waals surface area contributed by atoms with Crippen molar-refractivity contribution >= 4 is 10.9 Å². The molecule has 3 heterocycles. The molecule has 0 atom stereocenters. The molecule has 132 valence electrons. The van der Waals surface area contributed by atoms with Crippen molar-refractivity contribution in [3.8, 4) is 11.4 Å². The van der Waals surface area contributed by atoms with Crippen LogP contribution in [0.4, 0.5) is 8.78 Å². The molecule has 1 aromatic carbocycles. The fourth-order valence-corrected chi connectivity index (χ4v) is 2.99. The number of rotatable bonds is 3. The molecule has 4 rings (SSSR count). The lowest BCUT2D eigenvalue weighted by molar-refractivity contribution is 0.515. The summed E-state index contributed by atoms with van der Waals surface area (Å²) in [6.45, 7) is 4.38. The standard InChI is InChI=1S/C19H16F2N4O/c1-10(2)19-22-14-5-6-25(9-15(14)23-19)8-11-7-16(26)24-18-12(11)3-4-13(20)17(18)21/h3-7,9-10H,8H2,1-2H3,(H,24,26). The highest BCUT2D eigenvalue weighted by Gasteiger charge is 2.15. The second-order valence-electron chi connectivity index (χ2n) is 6.57. The highest BCUT2D eigenvalue weighted by molar-refractivity contribution is 5.82. The zero-order valence-electron chi connectivity index (χ0n) is 14.3. The van der Waals surface area contributed by atoms with Gasteiger partial charge in [-0.25, -0.2) is 18.7 Å². The van der Waals surface area contributed by atoms with Gasteiger partial charge in [0.15, 0.2) is 11.6 Å². The van der Waals surface area contributed by atoms with Gasteiger partial charge in [0, 0.05) is 36.3 Å². The van der Waals surface area contributed by atoms with Gasteiger partial charge in [0.1, 0.15) is 11.5 Å². The molecule has 2 aromatic rings. The third-order valence-electron chi connectivity index (χ3n) is 4.31. The van der Waals surface area contributed by atoms with Crippen molar-refractivity contribution in [2.24, 2.45) is 0 Å². The van der Waals surface area contributed by atoms with E-state index in [4.69, 9.17) is 0 Å². The van der Waals surface area contributed by atoms with Gasteiger partial charge in [0.05, 0.1) is 11.2 Å².